The summed E-state index contributed by atoms with van der Waals surface area (Å²) in [5, 5.41) is 42.2. The highest BCUT2D eigenvalue weighted by molar-refractivity contribution is 6.00. The molecule has 0 aliphatic rings. The molecule has 1 aromatic rings. The van der Waals surface area contributed by atoms with Crippen LogP contribution < -0.4 is 16.0 Å². The molecule has 0 aromatic heterocycles. The fourth-order valence-electron chi connectivity index (χ4n) is 2.29. The molecule has 0 amide bonds. The lowest BCUT2D eigenvalue weighted by Gasteiger charge is -2.15. The van der Waals surface area contributed by atoms with E-state index >= 15 is 0 Å². The van der Waals surface area contributed by atoms with Crippen LogP contribution in [0.5, 0.6) is 0 Å². The molecule has 0 radical (unpaired) electrons. The summed E-state index contributed by atoms with van der Waals surface area (Å²) in [5.41, 5.74) is -3.28. The molecule has 1 rings (SSSR count). The van der Waals surface area contributed by atoms with Crippen LogP contribution in [-0.2, 0) is 0 Å². The maximum absolute atomic E-state index is 11.5. The molecule has 0 saturated carbocycles. The average molecular weight is 342 g/mol. The zero-order valence-electron chi connectivity index (χ0n) is 13.4. The first-order valence-corrected chi connectivity index (χ1v) is 7.20. The highest BCUT2D eigenvalue weighted by atomic mass is 16.6. The first kappa shape index (κ1) is 18.9. The zero-order valence-corrected chi connectivity index (χ0v) is 13.4. The second-order valence-electron chi connectivity index (χ2n) is 4.53. The molecular weight excluding hydrogens is 324 g/mol. The van der Waals surface area contributed by atoms with Crippen molar-refractivity contribution in [3.05, 3.63) is 30.3 Å². The lowest BCUT2D eigenvalue weighted by Crippen LogP contribution is -2.14. The molecule has 0 atom stereocenters. The summed E-state index contributed by atoms with van der Waals surface area (Å²) in [6, 6.07) is 0. The lowest BCUT2D eigenvalue weighted by atomic mass is 10.1. The van der Waals surface area contributed by atoms with Gasteiger partial charge in [-0.15, -0.1) is 0 Å². The van der Waals surface area contributed by atoms with Crippen molar-refractivity contribution in [2.45, 2.75) is 20.8 Å². The molecule has 0 spiro atoms. The molecule has 24 heavy (non-hydrogen) atoms. The van der Waals surface area contributed by atoms with Crippen LogP contribution in [0.15, 0.2) is 0 Å². The predicted octanol–water partition coefficient (Wildman–Crippen LogP) is 2.71. The number of hydrogen-bond donors (Lipinski definition) is 3. The third kappa shape index (κ3) is 3.42. The molecular formula is C12H18N6O6. The van der Waals surface area contributed by atoms with Gasteiger partial charge in [-0.25, -0.2) is 0 Å². The fourth-order valence-corrected chi connectivity index (χ4v) is 2.29. The molecule has 1 aromatic carbocycles. The van der Waals surface area contributed by atoms with Gasteiger partial charge in [0.15, 0.2) is 17.1 Å². The number of rotatable bonds is 9. The van der Waals surface area contributed by atoms with Gasteiger partial charge in [-0.3, -0.25) is 30.3 Å². The Kier molecular flexibility index (Phi) is 6.21. The second kappa shape index (κ2) is 7.89. The largest absolute Gasteiger partial charge is 0.374 e. The number of nitro benzene ring substituents is 3. The number of benzene rings is 1. The third-order valence-electron chi connectivity index (χ3n) is 3.03. The van der Waals surface area contributed by atoms with E-state index in [9.17, 15) is 30.3 Å². The summed E-state index contributed by atoms with van der Waals surface area (Å²) in [6.07, 6.45) is 0. The van der Waals surface area contributed by atoms with Crippen LogP contribution >= 0.6 is 0 Å². The Morgan fingerprint density at radius 3 is 0.958 bits per heavy atom. The highest BCUT2D eigenvalue weighted by Gasteiger charge is 2.42. The van der Waals surface area contributed by atoms with Crippen molar-refractivity contribution in [3.63, 3.8) is 0 Å². The minimum absolute atomic E-state index is 0.163. The van der Waals surface area contributed by atoms with Gasteiger partial charge >= 0.3 is 17.1 Å². The second-order valence-corrected chi connectivity index (χ2v) is 4.53. The van der Waals surface area contributed by atoms with E-state index in [0.29, 0.717) is 0 Å². The smallest absolute Gasteiger partial charge is 0.329 e. The normalized spacial score (nSPS) is 10.1. The van der Waals surface area contributed by atoms with Crippen LogP contribution in [0.1, 0.15) is 20.8 Å². The van der Waals surface area contributed by atoms with Crippen molar-refractivity contribution in [2.24, 2.45) is 0 Å². The fraction of sp³-hybridized carbons (Fsp3) is 0.500. The Morgan fingerprint density at radius 2 is 0.833 bits per heavy atom. The standard InChI is InChI=1S/C12H18N6O6/c1-4-13-7-10(16(19)20)8(14-5-2)12(18(23)24)9(15-6-3)11(7)17(21)22/h13-15H,4-6H2,1-3H3. The number of nitrogens with zero attached hydrogens (tertiary/aromatic N) is 3. The summed E-state index contributed by atoms with van der Waals surface area (Å²) in [5.74, 6) is 0. The number of nitro groups is 3. The Morgan fingerprint density at radius 1 is 0.625 bits per heavy atom. The van der Waals surface area contributed by atoms with E-state index in [1.807, 2.05) is 0 Å². The highest BCUT2D eigenvalue weighted by Crippen LogP contribution is 2.52. The SMILES string of the molecule is CCNc1c([N+](=O)[O-])c(NCC)c([N+](=O)[O-])c(NCC)c1[N+](=O)[O-]. The molecule has 0 bridgehead atoms. The van der Waals surface area contributed by atoms with E-state index < -0.39 is 31.8 Å². The quantitative estimate of drug-likeness (QED) is 0.451. The molecule has 0 heterocycles. The van der Waals surface area contributed by atoms with Gasteiger partial charge in [0.1, 0.15) is 0 Å². The van der Waals surface area contributed by atoms with Gasteiger partial charge in [0.2, 0.25) is 0 Å². The van der Waals surface area contributed by atoms with E-state index in [-0.39, 0.29) is 36.7 Å². The maximum Gasteiger partial charge on any atom is 0.329 e. The van der Waals surface area contributed by atoms with Gasteiger partial charge in [0.05, 0.1) is 14.8 Å². The Hall–Kier alpha value is -3.18. The summed E-state index contributed by atoms with van der Waals surface area (Å²) < 4.78 is 0. The first-order valence-electron chi connectivity index (χ1n) is 7.20. The van der Waals surface area contributed by atoms with Crippen LogP contribution in [0.4, 0.5) is 34.1 Å². The van der Waals surface area contributed by atoms with Crippen LogP contribution in [0, 0.1) is 30.3 Å². The van der Waals surface area contributed by atoms with Gasteiger partial charge in [0.25, 0.3) is 0 Å². The maximum atomic E-state index is 11.5. The van der Waals surface area contributed by atoms with Gasteiger partial charge in [0, 0.05) is 19.6 Å². The summed E-state index contributed by atoms with van der Waals surface area (Å²) >= 11 is 0. The molecule has 12 heteroatoms. The molecule has 0 aliphatic heterocycles. The lowest BCUT2D eigenvalue weighted by molar-refractivity contribution is -0.399. The number of anilines is 3. The van der Waals surface area contributed by atoms with Crippen molar-refractivity contribution < 1.29 is 14.8 Å². The summed E-state index contributed by atoms with van der Waals surface area (Å²) in [7, 11) is 0. The van der Waals surface area contributed by atoms with Crippen molar-refractivity contribution >= 4 is 34.1 Å². The molecule has 0 fully saturated rings. The van der Waals surface area contributed by atoms with E-state index in [1.54, 1.807) is 20.8 Å². The third-order valence-corrected chi connectivity index (χ3v) is 3.03. The van der Waals surface area contributed by atoms with Crippen LogP contribution in [0.25, 0.3) is 0 Å². The van der Waals surface area contributed by atoms with Crippen LogP contribution in [0.3, 0.4) is 0 Å². The minimum Gasteiger partial charge on any atom is -0.374 e. The number of hydrogen-bond acceptors (Lipinski definition) is 9. The van der Waals surface area contributed by atoms with Gasteiger partial charge in [-0.1, -0.05) is 0 Å². The van der Waals surface area contributed by atoms with Crippen LogP contribution in [-0.4, -0.2) is 34.4 Å². The van der Waals surface area contributed by atoms with Crippen molar-refractivity contribution in [3.8, 4) is 0 Å². The van der Waals surface area contributed by atoms with E-state index in [2.05, 4.69) is 16.0 Å². The van der Waals surface area contributed by atoms with Crippen LogP contribution in [0.2, 0.25) is 0 Å². The van der Waals surface area contributed by atoms with E-state index in [1.165, 1.54) is 0 Å². The van der Waals surface area contributed by atoms with Crippen molar-refractivity contribution in [1.29, 1.82) is 0 Å². The summed E-state index contributed by atoms with van der Waals surface area (Å²) in [6.45, 7) is 5.31. The molecule has 0 saturated heterocycles. The van der Waals surface area contributed by atoms with Gasteiger partial charge in [-0.05, 0) is 20.8 Å². The first-order chi connectivity index (χ1) is 11.3. The summed E-state index contributed by atoms with van der Waals surface area (Å²) in [4.78, 5) is 31.8. The zero-order chi connectivity index (χ0) is 18.4. The van der Waals surface area contributed by atoms with E-state index in [0.717, 1.165) is 0 Å². The monoisotopic (exact) mass is 342 g/mol. The molecule has 0 unspecified atom stereocenters. The predicted molar refractivity (Wildman–Crippen MR) is 88.9 cm³/mol. The van der Waals surface area contributed by atoms with Gasteiger partial charge in [-0.2, -0.15) is 0 Å². The minimum atomic E-state index is -0.869. The molecule has 3 N–H and O–H groups in total. The Balaban J connectivity index is 4.09. The average Bonchev–Trinajstić information content (AvgIpc) is 2.46. The van der Waals surface area contributed by atoms with Gasteiger partial charge < -0.3 is 16.0 Å². The molecule has 12 nitrogen and oxygen atoms in total. The van der Waals surface area contributed by atoms with Crippen molar-refractivity contribution in [2.75, 3.05) is 35.6 Å². The van der Waals surface area contributed by atoms with Crippen molar-refractivity contribution in [1.82, 2.24) is 0 Å². The Labute approximate surface area is 136 Å². The molecule has 132 valence electrons. The molecule has 0 aliphatic carbocycles. The Bertz CT molecular complexity index is 565. The topological polar surface area (TPSA) is 166 Å². The van der Waals surface area contributed by atoms with E-state index in [4.69, 9.17) is 0 Å². The number of nitrogens with one attached hydrogen (secondary N) is 3.